The predicted octanol–water partition coefficient (Wildman–Crippen LogP) is 4.48. The Morgan fingerprint density at radius 2 is 1.48 bits per heavy atom. The first-order chi connectivity index (χ1) is 10.2. The third-order valence-corrected chi connectivity index (χ3v) is 4.03. The van der Waals surface area contributed by atoms with E-state index in [4.69, 9.17) is 0 Å². The van der Waals surface area contributed by atoms with Crippen LogP contribution in [0, 0.1) is 0 Å². The fourth-order valence-corrected chi connectivity index (χ4v) is 2.83. The van der Waals surface area contributed by atoms with Gasteiger partial charge >= 0.3 is 0 Å². The van der Waals surface area contributed by atoms with E-state index in [1.807, 2.05) is 43.0 Å². The molecule has 2 heteroatoms. The normalized spacial score (nSPS) is 11.0. The molecule has 0 aliphatic heterocycles. The van der Waals surface area contributed by atoms with Crippen LogP contribution in [-0.4, -0.2) is 23.9 Å². The lowest BCUT2D eigenvalue weighted by molar-refractivity contribution is 0.0775. The Morgan fingerprint density at radius 1 is 0.857 bits per heavy atom. The van der Waals surface area contributed by atoms with Crippen molar-refractivity contribution in [2.45, 2.75) is 13.8 Å². The van der Waals surface area contributed by atoms with Crippen LogP contribution in [0.4, 0.5) is 0 Å². The van der Waals surface area contributed by atoms with Crippen LogP contribution in [0.15, 0.2) is 54.6 Å². The Morgan fingerprint density at radius 3 is 2.14 bits per heavy atom. The summed E-state index contributed by atoms with van der Waals surface area (Å²) in [5.74, 6) is 0.112. The topological polar surface area (TPSA) is 20.3 Å². The molecule has 0 aliphatic carbocycles. The molecule has 0 aliphatic rings. The van der Waals surface area contributed by atoms with Gasteiger partial charge in [-0.25, -0.2) is 0 Å². The molecule has 3 aromatic rings. The van der Waals surface area contributed by atoms with Gasteiger partial charge in [-0.15, -0.1) is 0 Å². The van der Waals surface area contributed by atoms with Crippen LogP contribution in [0.3, 0.4) is 0 Å². The molecule has 21 heavy (non-hydrogen) atoms. The van der Waals surface area contributed by atoms with Crippen molar-refractivity contribution >= 4 is 27.5 Å². The lowest BCUT2D eigenvalue weighted by atomic mass is 9.99. The van der Waals surface area contributed by atoms with Gasteiger partial charge in [-0.05, 0) is 53.6 Å². The van der Waals surface area contributed by atoms with E-state index in [2.05, 4.69) is 30.3 Å². The molecule has 0 fully saturated rings. The SMILES string of the molecule is CCN(CC)C(=O)c1cccc2cc3ccccc3cc12. The number of carbonyl (C=O) groups excluding carboxylic acids is 1. The van der Waals surface area contributed by atoms with E-state index in [9.17, 15) is 4.79 Å². The van der Waals surface area contributed by atoms with Gasteiger partial charge in [0.2, 0.25) is 0 Å². The summed E-state index contributed by atoms with van der Waals surface area (Å²) >= 11 is 0. The second kappa shape index (κ2) is 5.57. The fourth-order valence-electron chi connectivity index (χ4n) is 2.83. The van der Waals surface area contributed by atoms with Crippen molar-refractivity contribution in [3.05, 3.63) is 60.2 Å². The van der Waals surface area contributed by atoms with E-state index in [1.54, 1.807) is 0 Å². The molecule has 106 valence electrons. The summed E-state index contributed by atoms with van der Waals surface area (Å²) in [6.45, 7) is 5.50. The highest BCUT2D eigenvalue weighted by Crippen LogP contribution is 2.26. The number of fused-ring (bicyclic) bond motifs is 2. The van der Waals surface area contributed by atoms with E-state index in [0.717, 1.165) is 29.4 Å². The van der Waals surface area contributed by atoms with Crippen molar-refractivity contribution in [2.24, 2.45) is 0 Å². The Labute approximate surface area is 125 Å². The smallest absolute Gasteiger partial charge is 0.254 e. The second-order valence-electron chi connectivity index (χ2n) is 5.20. The number of hydrogen-bond acceptors (Lipinski definition) is 1. The highest BCUT2D eigenvalue weighted by Gasteiger charge is 2.15. The average molecular weight is 277 g/mol. The van der Waals surface area contributed by atoms with Crippen molar-refractivity contribution < 1.29 is 4.79 Å². The summed E-state index contributed by atoms with van der Waals surface area (Å²) in [5, 5.41) is 4.53. The van der Waals surface area contributed by atoms with Crippen LogP contribution in [0.5, 0.6) is 0 Å². The van der Waals surface area contributed by atoms with Crippen LogP contribution < -0.4 is 0 Å². The lowest BCUT2D eigenvalue weighted by Gasteiger charge is -2.19. The standard InChI is InChI=1S/C19H19NO/c1-3-20(4-2)19(21)17-11-7-10-16-12-14-8-5-6-9-15(14)13-18(16)17/h5-13H,3-4H2,1-2H3. The molecule has 0 N–H and O–H groups in total. The molecular formula is C19H19NO. The number of amides is 1. The van der Waals surface area contributed by atoms with Gasteiger partial charge in [0.05, 0.1) is 0 Å². The Balaban J connectivity index is 2.23. The number of hydrogen-bond donors (Lipinski definition) is 0. The zero-order chi connectivity index (χ0) is 14.8. The van der Waals surface area contributed by atoms with Crippen molar-refractivity contribution in [1.29, 1.82) is 0 Å². The predicted molar refractivity (Wildman–Crippen MR) is 88.7 cm³/mol. The third kappa shape index (κ3) is 2.38. The highest BCUT2D eigenvalue weighted by atomic mass is 16.2. The van der Waals surface area contributed by atoms with E-state index >= 15 is 0 Å². The van der Waals surface area contributed by atoms with Gasteiger partial charge < -0.3 is 4.90 Å². The molecule has 0 saturated carbocycles. The summed E-state index contributed by atoms with van der Waals surface area (Å²) in [7, 11) is 0. The van der Waals surface area contributed by atoms with E-state index in [-0.39, 0.29) is 5.91 Å². The quantitative estimate of drug-likeness (QED) is 0.647. The van der Waals surface area contributed by atoms with Gasteiger partial charge in [-0.3, -0.25) is 4.79 Å². The van der Waals surface area contributed by atoms with Gasteiger partial charge in [0.25, 0.3) is 5.91 Å². The van der Waals surface area contributed by atoms with Crippen LogP contribution in [0.25, 0.3) is 21.5 Å². The number of nitrogens with zero attached hydrogens (tertiary/aromatic N) is 1. The summed E-state index contributed by atoms with van der Waals surface area (Å²) in [6.07, 6.45) is 0. The van der Waals surface area contributed by atoms with Crippen LogP contribution in [0.2, 0.25) is 0 Å². The second-order valence-corrected chi connectivity index (χ2v) is 5.20. The first-order valence-electron chi connectivity index (χ1n) is 7.45. The van der Waals surface area contributed by atoms with Gasteiger partial charge in [0, 0.05) is 18.7 Å². The first-order valence-corrected chi connectivity index (χ1v) is 7.45. The molecule has 3 rings (SSSR count). The molecule has 0 bridgehead atoms. The van der Waals surface area contributed by atoms with Gasteiger partial charge in [0.15, 0.2) is 0 Å². The summed E-state index contributed by atoms with van der Waals surface area (Å²) in [5.41, 5.74) is 0.793. The molecule has 2 nitrogen and oxygen atoms in total. The average Bonchev–Trinajstić information content (AvgIpc) is 2.53. The number of benzene rings is 3. The van der Waals surface area contributed by atoms with Gasteiger partial charge in [-0.1, -0.05) is 36.4 Å². The zero-order valence-corrected chi connectivity index (χ0v) is 12.5. The minimum Gasteiger partial charge on any atom is -0.339 e. The monoisotopic (exact) mass is 277 g/mol. The molecule has 0 atom stereocenters. The Bertz CT molecular complexity index is 803. The molecule has 0 spiro atoms. The van der Waals surface area contributed by atoms with Gasteiger partial charge in [-0.2, -0.15) is 0 Å². The van der Waals surface area contributed by atoms with Crippen molar-refractivity contribution in [3.8, 4) is 0 Å². The molecule has 3 aromatic carbocycles. The molecule has 0 radical (unpaired) electrons. The Hall–Kier alpha value is -2.35. The zero-order valence-electron chi connectivity index (χ0n) is 12.5. The van der Waals surface area contributed by atoms with E-state index in [1.165, 1.54) is 10.8 Å². The lowest BCUT2D eigenvalue weighted by Crippen LogP contribution is -2.30. The van der Waals surface area contributed by atoms with Crippen LogP contribution in [-0.2, 0) is 0 Å². The van der Waals surface area contributed by atoms with E-state index < -0.39 is 0 Å². The molecule has 1 amide bonds. The minimum atomic E-state index is 0.112. The van der Waals surface area contributed by atoms with Crippen molar-refractivity contribution in [2.75, 3.05) is 13.1 Å². The summed E-state index contributed by atoms with van der Waals surface area (Å²) in [6, 6.07) is 18.5. The fraction of sp³-hybridized carbons (Fsp3) is 0.211. The maximum absolute atomic E-state index is 12.7. The molecule has 0 saturated heterocycles. The van der Waals surface area contributed by atoms with E-state index in [0.29, 0.717) is 0 Å². The maximum Gasteiger partial charge on any atom is 0.254 e. The van der Waals surface area contributed by atoms with Crippen molar-refractivity contribution in [3.63, 3.8) is 0 Å². The Kier molecular flexibility index (Phi) is 3.61. The van der Waals surface area contributed by atoms with Crippen LogP contribution >= 0.6 is 0 Å². The summed E-state index contributed by atoms with van der Waals surface area (Å²) in [4.78, 5) is 14.5. The van der Waals surface area contributed by atoms with Crippen molar-refractivity contribution in [1.82, 2.24) is 4.90 Å². The highest BCUT2D eigenvalue weighted by molar-refractivity contribution is 6.10. The van der Waals surface area contributed by atoms with Gasteiger partial charge in [0.1, 0.15) is 0 Å². The maximum atomic E-state index is 12.7. The third-order valence-electron chi connectivity index (χ3n) is 4.03. The molecular weight excluding hydrogens is 258 g/mol. The number of carbonyl (C=O) groups is 1. The molecule has 0 unspecified atom stereocenters. The largest absolute Gasteiger partial charge is 0.339 e. The summed E-state index contributed by atoms with van der Waals surface area (Å²) < 4.78 is 0. The first kappa shape index (κ1) is 13.6. The molecule has 0 heterocycles. The minimum absolute atomic E-state index is 0.112. The number of rotatable bonds is 3. The van der Waals surface area contributed by atoms with Crippen LogP contribution in [0.1, 0.15) is 24.2 Å². The molecule has 0 aromatic heterocycles.